The van der Waals surface area contributed by atoms with E-state index in [2.05, 4.69) is 10.3 Å². The van der Waals surface area contributed by atoms with E-state index < -0.39 is 6.10 Å². The zero-order valence-corrected chi connectivity index (χ0v) is 15.4. The molecule has 6 nitrogen and oxygen atoms in total. The van der Waals surface area contributed by atoms with E-state index in [9.17, 15) is 9.18 Å². The number of carbonyl (C=O) groups excluding carboxylic acids is 1. The minimum Gasteiger partial charge on any atom is -0.497 e. The average Bonchev–Trinajstić information content (AvgIpc) is 2.71. The Bertz CT molecular complexity index is 913. The summed E-state index contributed by atoms with van der Waals surface area (Å²) in [6.45, 7) is 1.65. The summed E-state index contributed by atoms with van der Waals surface area (Å²) in [5.74, 6) is 1.40. The van der Waals surface area contributed by atoms with Crippen LogP contribution in [0.2, 0.25) is 0 Å². The number of methoxy groups -OCH3 is 1. The fraction of sp³-hybridized carbons (Fsp3) is 0.143. The summed E-state index contributed by atoms with van der Waals surface area (Å²) in [5.41, 5.74) is 0.502. The van der Waals surface area contributed by atoms with Crippen molar-refractivity contribution in [1.29, 1.82) is 0 Å². The lowest BCUT2D eigenvalue weighted by atomic mass is 10.3. The zero-order valence-electron chi connectivity index (χ0n) is 15.4. The molecule has 0 radical (unpaired) electrons. The van der Waals surface area contributed by atoms with Gasteiger partial charge >= 0.3 is 0 Å². The molecular weight excluding hydrogens is 363 g/mol. The Hall–Kier alpha value is -3.61. The first-order valence-corrected chi connectivity index (χ1v) is 8.54. The lowest BCUT2D eigenvalue weighted by molar-refractivity contribution is -0.122. The number of carbonyl (C=O) groups is 1. The molecule has 0 saturated heterocycles. The van der Waals surface area contributed by atoms with Crippen molar-refractivity contribution in [3.8, 4) is 23.1 Å². The van der Waals surface area contributed by atoms with E-state index in [1.165, 1.54) is 30.5 Å². The molecule has 0 saturated carbocycles. The molecule has 7 heteroatoms. The largest absolute Gasteiger partial charge is 0.497 e. The smallest absolute Gasteiger partial charge is 0.265 e. The molecule has 1 N–H and O–H groups in total. The molecule has 0 aliphatic rings. The fourth-order valence-corrected chi connectivity index (χ4v) is 2.29. The summed E-state index contributed by atoms with van der Waals surface area (Å²) < 4.78 is 29.1. The van der Waals surface area contributed by atoms with Gasteiger partial charge in [0, 0.05) is 6.07 Å². The van der Waals surface area contributed by atoms with Crippen molar-refractivity contribution in [2.75, 3.05) is 12.4 Å². The quantitative estimate of drug-likeness (QED) is 0.655. The number of halogens is 1. The van der Waals surface area contributed by atoms with Gasteiger partial charge in [-0.05, 0) is 61.5 Å². The summed E-state index contributed by atoms with van der Waals surface area (Å²) in [5, 5.41) is 2.73. The first-order chi connectivity index (χ1) is 13.5. The van der Waals surface area contributed by atoms with E-state index in [1.54, 1.807) is 50.4 Å². The van der Waals surface area contributed by atoms with Gasteiger partial charge in [-0.2, -0.15) is 0 Å². The van der Waals surface area contributed by atoms with Gasteiger partial charge in [0.05, 0.1) is 19.0 Å². The van der Waals surface area contributed by atoms with Crippen LogP contribution in [0.3, 0.4) is 0 Å². The molecule has 144 valence electrons. The van der Waals surface area contributed by atoms with Crippen LogP contribution in [0.5, 0.6) is 23.1 Å². The van der Waals surface area contributed by atoms with Crippen LogP contribution in [-0.4, -0.2) is 24.1 Å². The van der Waals surface area contributed by atoms with Gasteiger partial charge in [-0.25, -0.2) is 9.37 Å². The molecule has 0 spiro atoms. The number of anilines is 1. The number of benzene rings is 2. The summed E-state index contributed by atoms with van der Waals surface area (Å²) >= 11 is 0. The van der Waals surface area contributed by atoms with Crippen molar-refractivity contribution in [1.82, 2.24) is 4.98 Å². The van der Waals surface area contributed by atoms with Crippen molar-refractivity contribution in [2.24, 2.45) is 0 Å². The van der Waals surface area contributed by atoms with Gasteiger partial charge in [0.2, 0.25) is 5.88 Å². The third kappa shape index (κ3) is 5.20. The van der Waals surface area contributed by atoms with E-state index in [-0.39, 0.29) is 11.7 Å². The van der Waals surface area contributed by atoms with Crippen LogP contribution in [0.25, 0.3) is 0 Å². The van der Waals surface area contributed by atoms with Crippen LogP contribution < -0.4 is 19.5 Å². The number of hydrogen-bond acceptors (Lipinski definition) is 5. The van der Waals surface area contributed by atoms with Gasteiger partial charge in [-0.3, -0.25) is 4.79 Å². The number of ether oxygens (including phenoxy) is 3. The molecule has 28 heavy (non-hydrogen) atoms. The molecule has 1 amide bonds. The van der Waals surface area contributed by atoms with Crippen molar-refractivity contribution in [3.63, 3.8) is 0 Å². The minimum absolute atomic E-state index is 0.315. The number of nitrogens with zero attached hydrogens (tertiary/aromatic N) is 1. The van der Waals surface area contributed by atoms with Crippen molar-refractivity contribution < 1.29 is 23.4 Å². The predicted molar refractivity (Wildman–Crippen MR) is 102 cm³/mol. The molecule has 1 atom stereocenters. The minimum atomic E-state index is -0.705. The molecule has 1 heterocycles. The Morgan fingerprint density at radius 1 is 0.964 bits per heavy atom. The van der Waals surface area contributed by atoms with Crippen molar-refractivity contribution in [2.45, 2.75) is 13.0 Å². The molecule has 0 bridgehead atoms. The molecule has 3 rings (SSSR count). The van der Waals surface area contributed by atoms with E-state index in [0.29, 0.717) is 28.8 Å². The van der Waals surface area contributed by atoms with Crippen LogP contribution in [0, 0.1) is 5.82 Å². The molecular formula is C21H19FN2O4. The van der Waals surface area contributed by atoms with Crippen LogP contribution >= 0.6 is 0 Å². The van der Waals surface area contributed by atoms with Crippen molar-refractivity contribution >= 4 is 11.6 Å². The van der Waals surface area contributed by atoms with E-state index in [1.807, 2.05) is 0 Å². The van der Waals surface area contributed by atoms with Gasteiger partial charge < -0.3 is 19.5 Å². The first kappa shape index (κ1) is 19.2. The number of amides is 1. The van der Waals surface area contributed by atoms with E-state index in [0.717, 1.165) is 0 Å². The summed E-state index contributed by atoms with van der Waals surface area (Å²) in [6, 6.07) is 15.8. The number of pyridine rings is 1. The number of hydrogen-bond donors (Lipinski definition) is 1. The Balaban J connectivity index is 1.54. The highest BCUT2D eigenvalue weighted by Gasteiger charge is 2.15. The summed E-state index contributed by atoms with van der Waals surface area (Å²) in [4.78, 5) is 16.4. The Labute approximate surface area is 161 Å². The van der Waals surface area contributed by atoms with Crippen LogP contribution in [0.15, 0.2) is 66.9 Å². The highest BCUT2D eigenvalue weighted by molar-refractivity contribution is 5.93. The molecule has 0 aliphatic carbocycles. The highest BCUT2D eigenvalue weighted by atomic mass is 19.1. The van der Waals surface area contributed by atoms with E-state index >= 15 is 0 Å². The molecule has 3 aromatic rings. The van der Waals surface area contributed by atoms with Crippen LogP contribution in [-0.2, 0) is 4.79 Å². The van der Waals surface area contributed by atoms with E-state index in [4.69, 9.17) is 14.2 Å². The number of aromatic nitrogens is 1. The van der Waals surface area contributed by atoms with Crippen molar-refractivity contribution in [3.05, 3.63) is 72.7 Å². The molecule has 2 aromatic carbocycles. The highest BCUT2D eigenvalue weighted by Crippen LogP contribution is 2.21. The predicted octanol–water partition coefficient (Wildman–Crippen LogP) is 4.43. The van der Waals surface area contributed by atoms with Gasteiger partial charge in [0.15, 0.2) is 6.10 Å². The normalized spacial score (nSPS) is 11.4. The topological polar surface area (TPSA) is 69.7 Å². The summed E-state index contributed by atoms with van der Waals surface area (Å²) in [7, 11) is 1.58. The average molecular weight is 382 g/mol. The third-order valence-corrected chi connectivity index (χ3v) is 3.78. The fourth-order valence-electron chi connectivity index (χ4n) is 2.29. The molecule has 0 fully saturated rings. The lowest BCUT2D eigenvalue weighted by Crippen LogP contribution is -2.30. The maximum atomic E-state index is 12.9. The monoisotopic (exact) mass is 382 g/mol. The molecule has 1 aromatic heterocycles. The van der Waals surface area contributed by atoms with Gasteiger partial charge in [-0.1, -0.05) is 0 Å². The second kappa shape index (κ2) is 8.85. The maximum Gasteiger partial charge on any atom is 0.265 e. The van der Waals surface area contributed by atoms with Gasteiger partial charge in [0.25, 0.3) is 5.91 Å². The second-order valence-corrected chi connectivity index (χ2v) is 5.87. The van der Waals surface area contributed by atoms with Gasteiger partial charge in [0.1, 0.15) is 23.1 Å². The number of nitrogens with one attached hydrogen (secondary N) is 1. The standard InChI is InChI=1S/C21H19FN2O4/c1-14(27-18-10-8-17(26-2)9-11-18)21(25)24-16-5-12-20(23-13-16)28-19-6-3-15(22)4-7-19/h3-14H,1-2H3,(H,24,25). The van der Waals surface area contributed by atoms with Crippen LogP contribution in [0.1, 0.15) is 6.92 Å². The van der Waals surface area contributed by atoms with Crippen LogP contribution in [0.4, 0.5) is 10.1 Å². The Morgan fingerprint density at radius 2 is 1.61 bits per heavy atom. The second-order valence-electron chi connectivity index (χ2n) is 5.87. The summed E-state index contributed by atoms with van der Waals surface area (Å²) in [6.07, 6.45) is 0.764. The lowest BCUT2D eigenvalue weighted by Gasteiger charge is -2.15. The Kier molecular flexibility index (Phi) is 6.06. The maximum absolute atomic E-state index is 12.9. The zero-order chi connectivity index (χ0) is 19.9. The Morgan fingerprint density at radius 3 is 2.21 bits per heavy atom. The molecule has 0 aliphatic heterocycles. The molecule has 1 unspecified atom stereocenters. The first-order valence-electron chi connectivity index (χ1n) is 8.54. The number of rotatable bonds is 7. The third-order valence-electron chi connectivity index (χ3n) is 3.78. The SMILES string of the molecule is COc1ccc(OC(C)C(=O)Nc2ccc(Oc3ccc(F)cc3)nc2)cc1. The van der Waals surface area contributed by atoms with Gasteiger partial charge in [-0.15, -0.1) is 0 Å².